The number of aryl methyl sites for hydroxylation is 1. The lowest BCUT2D eigenvalue weighted by Gasteiger charge is -2.16. The highest BCUT2D eigenvalue weighted by Crippen LogP contribution is 2.41. The second-order valence-electron chi connectivity index (χ2n) is 8.40. The Hall–Kier alpha value is -3.87. The number of nitrogens with one attached hydrogen (secondary N) is 1. The largest absolute Gasteiger partial charge is 0.508 e. The molecule has 0 spiro atoms. The molecule has 0 amide bonds. The normalized spacial score (nSPS) is 10.8. The number of fused-ring (bicyclic) bond motifs is 1. The Bertz CT molecular complexity index is 1430. The third kappa shape index (κ3) is 5.20. The summed E-state index contributed by atoms with van der Waals surface area (Å²) in [6, 6.07) is 11.4. The van der Waals surface area contributed by atoms with Crippen molar-refractivity contribution in [3.63, 3.8) is 0 Å². The summed E-state index contributed by atoms with van der Waals surface area (Å²) in [5.41, 5.74) is 2.73. The second-order valence-corrected chi connectivity index (χ2v) is 8.40. The number of ether oxygens (including phenoxy) is 2. The van der Waals surface area contributed by atoms with Gasteiger partial charge in [-0.25, -0.2) is 9.37 Å². The highest BCUT2D eigenvalue weighted by atomic mass is 35.5. The van der Waals surface area contributed by atoms with E-state index in [9.17, 15) is 14.8 Å². The summed E-state index contributed by atoms with van der Waals surface area (Å²) in [7, 11) is 5.57. The van der Waals surface area contributed by atoms with Crippen molar-refractivity contribution in [3.05, 3.63) is 53.5 Å². The number of nitrogens with zero attached hydrogens (tertiary/aromatic N) is 4. The zero-order chi connectivity index (χ0) is 25.1. The van der Waals surface area contributed by atoms with E-state index in [1.165, 1.54) is 12.1 Å². The van der Waals surface area contributed by atoms with Crippen molar-refractivity contribution in [2.24, 2.45) is 0 Å². The molecule has 188 valence electrons. The Morgan fingerprint density at radius 1 is 1.17 bits per heavy atom. The maximum absolute atomic E-state index is 14.8. The van der Waals surface area contributed by atoms with Gasteiger partial charge < -0.3 is 19.5 Å². The lowest BCUT2D eigenvalue weighted by molar-refractivity contribution is 0.268. The molecule has 0 aliphatic carbocycles. The minimum atomic E-state index is -0.689. The minimum absolute atomic E-state index is 0. The van der Waals surface area contributed by atoms with E-state index in [1.807, 2.05) is 27.1 Å². The van der Waals surface area contributed by atoms with Crippen LogP contribution < -0.4 is 9.47 Å². The monoisotopic (exact) mass is 511 g/mol. The molecule has 10 heteroatoms. The Balaban J connectivity index is 0.00000361. The van der Waals surface area contributed by atoms with Crippen LogP contribution in [0.1, 0.15) is 17.7 Å². The molecule has 0 saturated heterocycles. The van der Waals surface area contributed by atoms with Crippen LogP contribution in [0.2, 0.25) is 0 Å². The van der Waals surface area contributed by atoms with Crippen LogP contribution in [-0.2, 0) is 0 Å². The van der Waals surface area contributed by atoms with E-state index < -0.39 is 5.82 Å². The van der Waals surface area contributed by atoms with E-state index in [2.05, 4.69) is 26.2 Å². The average Bonchev–Trinajstić information content (AvgIpc) is 3.20. The highest BCUT2D eigenvalue weighted by Gasteiger charge is 2.23. The lowest BCUT2D eigenvalue weighted by atomic mass is 9.93. The van der Waals surface area contributed by atoms with E-state index in [0.717, 1.165) is 24.7 Å². The van der Waals surface area contributed by atoms with Gasteiger partial charge in [0.05, 0.1) is 30.4 Å². The van der Waals surface area contributed by atoms with Gasteiger partial charge in [-0.2, -0.15) is 10.4 Å². The van der Waals surface area contributed by atoms with Gasteiger partial charge in [0.25, 0.3) is 0 Å². The topological polar surface area (TPSA) is 107 Å². The predicted molar refractivity (Wildman–Crippen MR) is 138 cm³/mol. The van der Waals surface area contributed by atoms with Crippen LogP contribution in [0.15, 0.2) is 36.4 Å². The first kappa shape index (κ1) is 26.7. The molecular weight excluding hydrogens is 485 g/mol. The van der Waals surface area contributed by atoms with E-state index in [1.54, 1.807) is 19.2 Å². The fourth-order valence-electron chi connectivity index (χ4n) is 4.00. The number of pyridine rings is 1. The molecule has 2 N–H and O–H groups in total. The second kappa shape index (κ2) is 11.2. The van der Waals surface area contributed by atoms with Crippen molar-refractivity contribution >= 4 is 23.4 Å². The number of phenolic OH excluding ortho intramolecular Hbond substituents is 1. The molecule has 0 atom stereocenters. The fourth-order valence-corrected chi connectivity index (χ4v) is 4.00. The Kier molecular flexibility index (Phi) is 8.35. The van der Waals surface area contributed by atoms with Crippen molar-refractivity contribution in [2.75, 3.05) is 34.4 Å². The minimum Gasteiger partial charge on any atom is -0.508 e. The van der Waals surface area contributed by atoms with Crippen LogP contribution in [-0.4, -0.2) is 59.5 Å². The summed E-state index contributed by atoms with van der Waals surface area (Å²) in [5.74, 6) is 0.199. The number of rotatable bonds is 8. The summed E-state index contributed by atoms with van der Waals surface area (Å²) in [5, 5.41) is 27.6. The van der Waals surface area contributed by atoms with Gasteiger partial charge in [-0.05, 0) is 57.3 Å². The van der Waals surface area contributed by atoms with Crippen LogP contribution in [0.5, 0.6) is 17.2 Å². The first-order valence-electron chi connectivity index (χ1n) is 11.1. The number of phenols is 1. The number of hydrogen-bond acceptors (Lipinski definition) is 7. The number of aromatic nitrogens is 3. The molecule has 0 bridgehead atoms. The molecular formula is C26H27ClFN5O3. The molecule has 0 fully saturated rings. The molecule has 0 saturated carbocycles. The molecule has 4 rings (SSSR count). The third-order valence-electron chi connectivity index (χ3n) is 5.66. The molecule has 2 aromatic carbocycles. The van der Waals surface area contributed by atoms with Crippen LogP contribution >= 0.6 is 12.4 Å². The van der Waals surface area contributed by atoms with Crippen molar-refractivity contribution in [2.45, 2.75) is 13.3 Å². The number of H-pyrrole nitrogens is 1. The van der Waals surface area contributed by atoms with Crippen LogP contribution in [0, 0.1) is 24.1 Å². The molecule has 2 heterocycles. The fraction of sp³-hybridized carbons (Fsp3) is 0.269. The average molecular weight is 512 g/mol. The number of hydrogen-bond donors (Lipinski definition) is 2. The molecule has 0 aliphatic rings. The Morgan fingerprint density at radius 2 is 1.94 bits per heavy atom. The zero-order valence-corrected chi connectivity index (χ0v) is 21.2. The summed E-state index contributed by atoms with van der Waals surface area (Å²) in [6.45, 7) is 3.27. The molecule has 8 nitrogen and oxygen atoms in total. The van der Waals surface area contributed by atoms with Gasteiger partial charge in [0, 0.05) is 29.4 Å². The smallest absolute Gasteiger partial charge is 0.182 e. The zero-order valence-electron chi connectivity index (χ0n) is 20.4. The maximum Gasteiger partial charge on any atom is 0.182 e. The van der Waals surface area contributed by atoms with Gasteiger partial charge in [-0.1, -0.05) is 6.07 Å². The van der Waals surface area contributed by atoms with Crippen molar-refractivity contribution in [1.29, 1.82) is 5.26 Å². The first-order valence-corrected chi connectivity index (χ1v) is 11.1. The van der Waals surface area contributed by atoms with Crippen LogP contribution in [0.25, 0.3) is 33.4 Å². The lowest BCUT2D eigenvalue weighted by Crippen LogP contribution is -2.15. The quantitative estimate of drug-likeness (QED) is 0.318. The number of aromatic amines is 1. The molecule has 0 radical (unpaired) electrons. The predicted octanol–water partition coefficient (Wildman–Crippen LogP) is 5.08. The standard InChI is InChI=1S/C26H26FN5O3.ClH/c1-15-23-24(16-6-9-21(22(12-16)34-4)35-11-5-10-32(2)3)19(14-28)25(29-26(23)31-30-15)18-8-7-17(33)13-20(18)27;/h6-9,12-13,33H,5,10-11H2,1-4H3,(H,29,30,31);1H. The Labute approximate surface area is 214 Å². The van der Waals surface area contributed by atoms with Gasteiger partial charge in [-0.15, -0.1) is 12.4 Å². The van der Waals surface area contributed by atoms with Crippen molar-refractivity contribution in [3.8, 4) is 45.7 Å². The summed E-state index contributed by atoms with van der Waals surface area (Å²) in [4.78, 5) is 6.58. The van der Waals surface area contributed by atoms with Gasteiger partial charge in [-0.3, -0.25) is 5.10 Å². The molecule has 0 aliphatic heterocycles. The SMILES string of the molecule is COc1cc(-c2c(C#N)c(-c3ccc(O)cc3F)nc3n[nH]c(C)c23)ccc1OCCCN(C)C.Cl. The summed E-state index contributed by atoms with van der Waals surface area (Å²) >= 11 is 0. The molecule has 0 unspecified atom stereocenters. The maximum atomic E-state index is 14.8. The van der Waals surface area contributed by atoms with Crippen molar-refractivity contribution < 1.29 is 19.0 Å². The number of nitriles is 1. The van der Waals surface area contributed by atoms with Gasteiger partial charge in [0.15, 0.2) is 17.1 Å². The number of benzene rings is 2. The summed E-state index contributed by atoms with van der Waals surface area (Å²) in [6.07, 6.45) is 0.858. The number of aromatic hydroxyl groups is 1. The van der Waals surface area contributed by atoms with E-state index >= 15 is 0 Å². The highest BCUT2D eigenvalue weighted by molar-refractivity contribution is 6.01. The van der Waals surface area contributed by atoms with Crippen molar-refractivity contribution in [1.82, 2.24) is 20.1 Å². The van der Waals surface area contributed by atoms with Gasteiger partial charge in [0.2, 0.25) is 0 Å². The van der Waals surface area contributed by atoms with E-state index in [4.69, 9.17) is 9.47 Å². The Morgan fingerprint density at radius 3 is 2.61 bits per heavy atom. The van der Waals surface area contributed by atoms with Crippen LogP contribution in [0.3, 0.4) is 0 Å². The van der Waals surface area contributed by atoms with Gasteiger partial charge in [0.1, 0.15) is 17.6 Å². The summed E-state index contributed by atoms with van der Waals surface area (Å²) < 4.78 is 26.3. The number of halogens is 2. The van der Waals surface area contributed by atoms with Crippen LogP contribution in [0.4, 0.5) is 4.39 Å². The van der Waals surface area contributed by atoms with Gasteiger partial charge >= 0.3 is 0 Å². The number of methoxy groups -OCH3 is 1. The molecule has 36 heavy (non-hydrogen) atoms. The first-order chi connectivity index (χ1) is 16.8. The third-order valence-corrected chi connectivity index (χ3v) is 5.66. The van der Waals surface area contributed by atoms with E-state index in [0.29, 0.717) is 40.3 Å². The molecule has 4 aromatic rings. The van der Waals surface area contributed by atoms with E-state index in [-0.39, 0.29) is 35.0 Å². The molecule has 2 aromatic heterocycles.